The fraction of sp³-hybridized carbons (Fsp3) is 0.857. The van der Waals surface area contributed by atoms with Gasteiger partial charge < -0.3 is 14.2 Å². The first-order chi connectivity index (χ1) is 12.0. The molecule has 27 heavy (non-hydrogen) atoms. The number of rotatable bonds is 4. The van der Waals surface area contributed by atoms with E-state index in [-0.39, 0.29) is 17.3 Å². The Balaban J connectivity index is 2.15. The van der Waals surface area contributed by atoms with Crippen LogP contribution in [0.1, 0.15) is 81.6 Å². The lowest BCUT2D eigenvalue weighted by Gasteiger charge is -2.45. The van der Waals surface area contributed by atoms with Crippen molar-refractivity contribution in [2.75, 3.05) is 0 Å². The van der Waals surface area contributed by atoms with Crippen LogP contribution in [0.2, 0.25) is 0 Å². The maximum absolute atomic E-state index is 12.9. The van der Waals surface area contributed by atoms with E-state index in [1.54, 1.807) is 27.7 Å². The van der Waals surface area contributed by atoms with E-state index in [4.69, 9.17) is 14.2 Å². The third kappa shape index (κ3) is 3.59. The number of hydrogen-bond donors (Lipinski definition) is 0. The molecule has 6 heteroatoms. The van der Waals surface area contributed by atoms with Crippen molar-refractivity contribution in [3.05, 3.63) is 0 Å². The molecule has 6 nitrogen and oxygen atoms in total. The van der Waals surface area contributed by atoms with E-state index in [1.807, 2.05) is 20.8 Å². The number of esters is 3. The fourth-order valence-electron chi connectivity index (χ4n) is 3.35. The van der Waals surface area contributed by atoms with E-state index < -0.39 is 34.2 Å². The zero-order valence-electron chi connectivity index (χ0n) is 18.1. The first-order valence-corrected chi connectivity index (χ1v) is 9.65. The smallest absolute Gasteiger partial charge is 0.350 e. The van der Waals surface area contributed by atoms with Gasteiger partial charge in [0.05, 0.1) is 11.3 Å². The molecule has 3 atom stereocenters. The van der Waals surface area contributed by atoms with Crippen LogP contribution in [0.25, 0.3) is 0 Å². The van der Waals surface area contributed by atoms with Crippen LogP contribution in [-0.4, -0.2) is 34.7 Å². The Morgan fingerprint density at radius 3 is 2.11 bits per heavy atom. The highest BCUT2D eigenvalue weighted by Crippen LogP contribution is 2.50. The Labute approximate surface area is 162 Å². The van der Waals surface area contributed by atoms with Gasteiger partial charge in [0, 0.05) is 6.42 Å². The average Bonchev–Trinajstić information content (AvgIpc) is 2.74. The molecule has 0 radical (unpaired) electrons. The SMILES string of the molecule is CC(C)(OC(=O)C(C)(C)C(C)(C)C)C(=O)OC1(C)CCC2CC1(C)OC2=O. The summed E-state index contributed by atoms with van der Waals surface area (Å²) in [4.78, 5) is 37.6. The molecule has 1 aliphatic heterocycles. The largest absolute Gasteiger partial charge is 0.455 e. The molecule has 1 aliphatic carbocycles. The number of hydrogen-bond acceptors (Lipinski definition) is 6. The fourth-order valence-corrected chi connectivity index (χ4v) is 3.35. The molecule has 0 aromatic rings. The van der Waals surface area contributed by atoms with Crippen molar-refractivity contribution in [2.24, 2.45) is 16.7 Å². The van der Waals surface area contributed by atoms with Crippen molar-refractivity contribution in [2.45, 2.75) is 98.4 Å². The van der Waals surface area contributed by atoms with E-state index in [0.29, 0.717) is 19.3 Å². The molecule has 2 rings (SSSR count). The quantitative estimate of drug-likeness (QED) is 0.544. The van der Waals surface area contributed by atoms with Gasteiger partial charge in [-0.05, 0) is 59.8 Å². The van der Waals surface area contributed by atoms with E-state index in [9.17, 15) is 14.4 Å². The molecule has 0 aromatic carbocycles. The lowest BCUT2D eigenvalue weighted by atomic mass is 9.69. The van der Waals surface area contributed by atoms with E-state index in [2.05, 4.69) is 0 Å². The minimum Gasteiger partial charge on any atom is -0.455 e. The minimum absolute atomic E-state index is 0.125. The van der Waals surface area contributed by atoms with Crippen molar-refractivity contribution in [1.29, 1.82) is 0 Å². The molecular weight excluding hydrogens is 348 g/mol. The molecule has 2 bridgehead atoms. The van der Waals surface area contributed by atoms with Crippen LogP contribution in [0.3, 0.4) is 0 Å². The highest BCUT2D eigenvalue weighted by atomic mass is 16.6. The summed E-state index contributed by atoms with van der Waals surface area (Å²) in [6.07, 6.45) is 1.69. The Bertz CT molecular complexity index is 656. The molecule has 0 aromatic heterocycles. The normalized spacial score (nSPS) is 31.3. The highest BCUT2D eigenvalue weighted by molar-refractivity contribution is 5.85. The third-order valence-corrected chi connectivity index (χ3v) is 6.93. The van der Waals surface area contributed by atoms with Crippen molar-refractivity contribution in [3.63, 3.8) is 0 Å². The molecule has 1 saturated heterocycles. The van der Waals surface area contributed by atoms with Gasteiger partial charge in [-0.15, -0.1) is 0 Å². The Morgan fingerprint density at radius 2 is 1.59 bits per heavy atom. The van der Waals surface area contributed by atoms with E-state index in [1.165, 1.54) is 13.8 Å². The second kappa shape index (κ2) is 6.21. The van der Waals surface area contributed by atoms with Crippen LogP contribution in [0.15, 0.2) is 0 Å². The van der Waals surface area contributed by atoms with Gasteiger partial charge in [0.15, 0.2) is 0 Å². The summed E-state index contributed by atoms with van der Waals surface area (Å²) in [7, 11) is 0. The Hall–Kier alpha value is -1.59. The van der Waals surface area contributed by atoms with Crippen molar-refractivity contribution < 1.29 is 28.6 Å². The van der Waals surface area contributed by atoms with E-state index in [0.717, 1.165) is 0 Å². The van der Waals surface area contributed by atoms with Gasteiger partial charge in [-0.3, -0.25) is 9.59 Å². The number of ether oxygens (including phenoxy) is 3. The van der Waals surface area contributed by atoms with Crippen LogP contribution in [0.5, 0.6) is 0 Å². The minimum atomic E-state index is -1.45. The molecular formula is C21H34O6. The van der Waals surface area contributed by atoms with E-state index >= 15 is 0 Å². The maximum atomic E-state index is 12.9. The molecule has 1 saturated carbocycles. The van der Waals surface area contributed by atoms with Gasteiger partial charge in [0.2, 0.25) is 5.60 Å². The number of fused-ring (bicyclic) bond motifs is 2. The molecule has 2 aliphatic rings. The van der Waals surface area contributed by atoms with Gasteiger partial charge in [0.1, 0.15) is 11.2 Å². The van der Waals surface area contributed by atoms with Crippen molar-refractivity contribution in [1.82, 2.24) is 0 Å². The highest BCUT2D eigenvalue weighted by Gasteiger charge is 2.61. The molecule has 0 spiro atoms. The zero-order valence-corrected chi connectivity index (χ0v) is 18.1. The van der Waals surface area contributed by atoms with Crippen LogP contribution >= 0.6 is 0 Å². The summed E-state index contributed by atoms with van der Waals surface area (Å²) in [5.74, 6) is -1.44. The van der Waals surface area contributed by atoms with Crippen LogP contribution in [0.4, 0.5) is 0 Å². The first-order valence-electron chi connectivity index (χ1n) is 9.65. The number of carbonyl (C=O) groups is 3. The summed E-state index contributed by atoms with van der Waals surface area (Å²) in [5.41, 5.74) is -4.36. The van der Waals surface area contributed by atoms with Crippen LogP contribution in [0, 0.1) is 16.7 Å². The predicted molar refractivity (Wildman–Crippen MR) is 99.7 cm³/mol. The second-order valence-corrected chi connectivity index (χ2v) is 10.5. The molecule has 1 heterocycles. The lowest BCUT2D eigenvalue weighted by Crippen LogP contribution is -2.57. The summed E-state index contributed by atoms with van der Waals surface area (Å²) >= 11 is 0. The molecule has 154 valence electrons. The summed E-state index contributed by atoms with van der Waals surface area (Å²) < 4.78 is 17.0. The monoisotopic (exact) mass is 382 g/mol. The molecule has 3 unspecified atom stereocenters. The zero-order chi connectivity index (χ0) is 21.1. The van der Waals surface area contributed by atoms with Crippen molar-refractivity contribution >= 4 is 17.9 Å². The topological polar surface area (TPSA) is 78.9 Å². The summed E-state index contributed by atoms with van der Waals surface area (Å²) in [6.45, 7) is 16.1. The lowest BCUT2D eigenvalue weighted by molar-refractivity contribution is -0.216. The van der Waals surface area contributed by atoms with Gasteiger partial charge in [-0.1, -0.05) is 20.8 Å². The first kappa shape index (κ1) is 21.7. The number of carbonyl (C=O) groups excluding carboxylic acids is 3. The van der Waals surface area contributed by atoms with Gasteiger partial charge >= 0.3 is 17.9 Å². The Morgan fingerprint density at radius 1 is 1.04 bits per heavy atom. The van der Waals surface area contributed by atoms with Crippen LogP contribution < -0.4 is 0 Å². The van der Waals surface area contributed by atoms with Crippen LogP contribution in [-0.2, 0) is 28.6 Å². The van der Waals surface area contributed by atoms with Gasteiger partial charge in [-0.2, -0.15) is 0 Å². The predicted octanol–water partition coefficient (Wildman–Crippen LogP) is 3.80. The van der Waals surface area contributed by atoms with Gasteiger partial charge in [0.25, 0.3) is 0 Å². The molecule has 0 amide bonds. The average molecular weight is 382 g/mol. The third-order valence-electron chi connectivity index (χ3n) is 6.93. The van der Waals surface area contributed by atoms with Crippen molar-refractivity contribution in [3.8, 4) is 0 Å². The maximum Gasteiger partial charge on any atom is 0.350 e. The Kier molecular flexibility index (Phi) is 4.99. The molecule has 2 fully saturated rings. The molecule has 0 N–H and O–H groups in total. The summed E-state index contributed by atoms with van der Waals surface area (Å²) in [6, 6.07) is 0. The second-order valence-electron chi connectivity index (χ2n) is 10.5. The van der Waals surface area contributed by atoms with Gasteiger partial charge in [-0.25, -0.2) is 4.79 Å². The summed E-state index contributed by atoms with van der Waals surface area (Å²) in [5, 5.41) is 0. The standard InChI is InChI=1S/C21H34O6/c1-17(2,3)18(4,5)15(23)26-19(6,7)16(24)27-20(8)11-10-13-12-21(20,9)25-14(13)22/h13H,10-12H2,1-9H3.